The Balaban J connectivity index is 0.00000180. The third-order valence-corrected chi connectivity index (χ3v) is 3.80. The molecule has 1 fully saturated rings. The maximum atomic E-state index is 11.9. The molecule has 2 N–H and O–H groups in total. The molecule has 1 aromatic carbocycles. The van der Waals surface area contributed by atoms with E-state index in [4.69, 9.17) is 0 Å². The van der Waals surface area contributed by atoms with E-state index in [9.17, 15) is 4.79 Å². The predicted octanol–water partition coefficient (Wildman–Crippen LogP) is 2.67. The molecule has 0 spiro atoms. The van der Waals surface area contributed by atoms with Crippen LogP contribution in [0.25, 0.3) is 0 Å². The van der Waals surface area contributed by atoms with Gasteiger partial charge in [0.05, 0.1) is 6.42 Å². The van der Waals surface area contributed by atoms with E-state index >= 15 is 0 Å². The van der Waals surface area contributed by atoms with Crippen molar-refractivity contribution < 1.29 is 4.79 Å². The van der Waals surface area contributed by atoms with Crippen LogP contribution in [0.15, 0.2) is 28.7 Å². The fourth-order valence-corrected chi connectivity index (χ4v) is 2.59. The van der Waals surface area contributed by atoms with Gasteiger partial charge in [0.15, 0.2) is 0 Å². The molecule has 0 bridgehead atoms. The second kappa shape index (κ2) is 7.88. The van der Waals surface area contributed by atoms with Crippen LogP contribution in [0.3, 0.4) is 0 Å². The summed E-state index contributed by atoms with van der Waals surface area (Å²) < 4.78 is 1.04. The number of rotatable bonds is 3. The van der Waals surface area contributed by atoms with Crippen LogP contribution >= 0.6 is 28.3 Å². The van der Waals surface area contributed by atoms with Crippen LogP contribution in [0.2, 0.25) is 0 Å². The lowest BCUT2D eigenvalue weighted by molar-refractivity contribution is -0.121. The minimum absolute atomic E-state index is 0. The van der Waals surface area contributed by atoms with Gasteiger partial charge in [-0.1, -0.05) is 28.1 Å². The van der Waals surface area contributed by atoms with Crippen LogP contribution in [0, 0.1) is 0 Å². The first-order valence-electron chi connectivity index (χ1n) is 6.40. The molecule has 1 amide bonds. The third kappa shape index (κ3) is 5.51. The van der Waals surface area contributed by atoms with E-state index in [1.54, 1.807) is 0 Å². The Kier molecular flexibility index (Phi) is 6.83. The van der Waals surface area contributed by atoms with Gasteiger partial charge in [-0.15, -0.1) is 12.4 Å². The smallest absolute Gasteiger partial charge is 0.224 e. The molecule has 0 aliphatic carbocycles. The lowest BCUT2D eigenvalue weighted by Gasteiger charge is -2.28. The van der Waals surface area contributed by atoms with Crippen molar-refractivity contribution >= 4 is 34.2 Å². The van der Waals surface area contributed by atoms with E-state index in [0.29, 0.717) is 18.5 Å². The highest BCUT2D eigenvalue weighted by Crippen LogP contribution is 2.12. The van der Waals surface area contributed by atoms with Crippen LogP contribution in [-0.4, -0.2) is 24.5 Å². The normalized spacial score (nSPS) is 22.4. The van der Waals surface area contributed by atoms with Crippen LogP contribution in [0.5, 0.6) is 0 Å². The quantitative estimate of drug-likeness (QED) is 0.882. The second-order valence-corrected chi connectivity index (χ2v) is 5.86. The van der Waals surface area contributed by atoms with Crippen LogP contribution in [-0.2, 0) is 11.2 Å². The van der Waals surface area contributed by atoms with Gasteiger partial charge in [-0.3, -0.25) is 4.79 Å². The monoisotopic (exact) mass is 346 g/mol. The van der Waals surface area contributed by atoms with Gasteiger partial charge in [0.2, 0.25) is 5.91 Å². The first-order chi connectivity index (χ1) is 8.63. The maximum Gasteiger partial charge on any atom is 0.224 e. The van der Waals surface area contributed by atoms with Crippen molar-refractivity contribution in [2.75, 3.05) is 6.54 Å². The van der Waals surface area contributed by atoms with E-state index < -0.39 is 0 Å². The first kappa shape index (κ1) is 16.5. The largest absolute Gasteiger partial charge is 0.353 e. The number of hydrogen-bond donors (Lipinski definition) is 2. The van der Waals surface area contributed by atoms with Gasteiger partial charge in [-0.2, -0.15) is 0 Å². The van der Waals surface area contributed by atoms with Gasteiger partial charge in [-0.05, 0) is 44.0 Å². The summed E-state index contributed by atoms with van der Waals surface area (Å²) in [5.74, 6) is 0.122. The minimum atomic E-state index is 0. The summed E-state index contributed by atoms with van der Waals surface area (Å²) in [6.07, 6.45) is 2.51. The molecule has 0 aromatic heterocycles. The van der Waals surface area contributed by atoms with Gasteiger partial charge >= 0.3 is 0 Å². The molecule has 1 aromatic rings. The highest BCUT2D eigenvalue weighted by atomic mass is 79.9. The van der Waals surface area contributed by atoms with Crippen LogP contribution < -0.4 is 10.6 Å². The molecular weight excluding hydrogens is 328 g/mol. The van der Waals surface area contributed by atoms with Crippen molar-refractivity contribution in [2.24, 2.45) is 0 Å². The van der Waals surface area contributed by atoms with Crippen molar-refractivity contribution in [3.63, 3.8) is 0 Å². The SMILES string of the molecule is CC1CC(NC(=O)Cc2ccc(Br)cc2)CCN1.Cl. The lowest BCUT2D eigenvalue weighted by Crippen LogP contribution is -2.46. The van der Waals surface area contributed by atoms with Gasteiger partial charge < -0.3 is 10.6 Å². The Morgan fingerprint density at radius 3 is 2.74 bits per heavy atom. The summed E-state index contributed by atoms with van der Waals surface area (Å²) >= 11 is 3.39. The molecule has 1 heterocycles. The summed E-state index contributed by atoms with van der Waals surface area (Å²) in [6, 6.07) is 8.72. The molecule has 19 heavy (non-hydrogen) atoms. The van der Waals surface area contributed by atoms with Gasteiger partial charge in [0.1, 0.15) is 0 Å². The number of benzene rings is 1. The third-order valence-electron chi connectivity index (χ3n) is 3.27. The Hall–Kier alpha value is -0.580. The molecule has 2 rings (SSSR count). The fraction of sp³-hybridized carbons (Fsp3) is 0.500. The topological polar surface area (TPSA) is 41.1 Å². The number of halogens is 2. The Morgan fingerprint density at radius 2 is 2.11 bits per heavy atom. The Labute approximate surface area is 129 Å². The molecule has 0 radical (unpaired) electrons. The summed E-state index contributed by atoms with van der Waals surface area (Å²) in [5.41, 5.74) is 1.05. The summed E-state index contributed by atoms with van der Waals surface area (Å²) in [6.45, 7) is 3.15. The second-order valence-electron chi connectivity index (χ2n) is 4.95. The Morgan fingerprint density at radius 1 is 1.42 bits per heavy atom. The molecule has 1 aliphatic heterocycles. The number of amides is 1. The van der Waals surface area contributed by atoms with E-state index in [1.807, 2.05) is 24.3 Å². The highest BCUT2D eigenvalue weighted by molar-refractivity contribution is 9.10. The van der Waals surface area contributed by atoms with E-state index in [2.05, 4.69) is 33.5 Å². The van der Waals surface area contributed by atoms with E-state index in [0.717, 1.165) is 29.4 Å². The van der Waals surface area contributed by atoms with Crippen molar-refractivity contribution in [3.8, 4) is 0 Å². The Bertz CT molecular complexity index is 410. The van der Waals surface area contributed by atoms with Crippen molar-refractivity contribution in [2.45, 2.75) is 38.3 Å². The summed E-state index contributed by atoms with van der Waals surface area (Å²) in [5, 5.41) is 6.51. The van der Waals surface area contributed by atoms with E-state index in [1.165, 1.54) is 0 Å². The zero-order valence-corrected chi connectivity index (χ0v) is 13.4. The molecule has 3 nitrogen and oxygen atoms in total. The van der Waals surface area contributed by atoms with Crippen LogP contribution in [0.4, 0.5) is 0 Å². The number of piperidine rings is 1. The molecule has 0 saturated carbocycles. The molecule has 1 aliphatic rings. The summed E-state index contributed by atoms with van der Waals surface area (Å²) in [4.78, 5) is 11.9. The first-order valence-corrected chi connectivity index (χ1v) is 7.20. The molecule has 1 saturated heterocycles. The highest BCUT2D eigenvalue weighted by Gasteiger charge is 2.19. The molecule has 2 atom stereocenters. The van der Waals surface area contributed by atoms with Gasteiger partial charge in [-0.25, -0.2) is 0 Å². The zero-order chi connectivity index (χ0) is 13.0. The zero-order valence-electron chi connectivity index (χ0n) is 11.0. The number of carbonyl (C=O) groups excluding carboxylic acids is 1. The van der Waals surface area contributed by atoms with Gasteiger partial charge in [0, 0.05) is 16.6 Å². The molecular formula is C14H20BrClN2O. The van der Waals surface area contributed by atoms with Crippen molar-refractivity contribution in [1.82, 2.24) is 10.6 Å². The molecule has 2 unspecified atom stereocenters. The standard InChI is InChI=1S/C14H19BrN2O.ClH/c1-10-8-13(6-7-16-10)17-14(18)9-11-2-4-12(15)5-3-11;/h2-5,10,13,16H,6-9H2,1H3,(H,17,18);1H. The fourth-order valence-electron chi connectivity index (χ4n) is 2.33. The molecule has 5 heteroatoms. The minimum Gasteiger partial charge on any atom is -0.353 e. The number of carbonyl (C=O) groups is 1. The average molecular weight is 348 g/mol. The number of nitrogens with one attached hydrogen (secondary N) is 2. The predicted molar refractivity (Wildman–Crippen MR) is 83.7 cm³/mol. The maximum absolute atomic E-state index is 11.9. The van der Waals surface area contributed by atoms with Crippen molar-refractivity contribution in [3.05, 3.63) is 34.3 Å². The van der Waals surface area contributed by atoms with Crippen LogP contribution in [0.1, 0.15) is 25.3 Å². The number of hydrogen-bond acceptors (Lipinski definition) is 2. The summed E-state index contributed by atoms with van der Waals surface area (Å²) in [7, 11) is 0. The lowest BCUT2D eigenvalue weighted by atomic mass is 10.0. The molecule has 106 valence electrons. The average Bonchev–Trinajstić information content (AvgIpc) is 2.32. The van der Waals surface area contributed by atoms with Crippen molar-refractivity contribution in [1.29, 1.82) is 0 Å². The van der Waals surface area contributed by atoms with E-state index in [-0.39, 0.29) is 18.3 Å². The van der Waals surface area contributed by atoms with Gasteiger partial charge in [0.25, 0.3) is 0 Å².